The number of sulfonamides is 1. The average molecular weight is 246 g/mol. The van der Waals surface area contributed by atoms with Crippen molar-refractivity contribution in [3.05, 3.63) is 6.20 Å². The third kappa shape index (κ3) is 2.73. The summed E-state index contributed by atoms with van der Waals surface area (Å²) < 4.78 is 26.4. The van der Waals surface area contributed by atoms with Gasteiger partial charge in [-0.25, -0.2) is 13.1 Å². The molecule has 16 heavy (non-hydrogen) atoms. The van der Waals surface area contributed by atoms with Crippen LogP contribution in [0.2, 0.25) is 0 Å². The van der Waals surface area contributed by atoms with E-state index in [-0.39, 0.29) is 22.2 Å². The summed E-state index contributed by atoms with van der Waals surface area (Å²) in [5.41, 5.74) is 5.31. The van der Waals surface area contributed by atoms with E-state index in [4.69, 9.17) is 5.73 Å². The van der Waals surface area contributed by atoms with Gasteiger partial charge >= 0.3 is 0 Å². The Balaban J connectivity index is 2.94. The van der Waals surface area contributed by atoms with Gasteiger partial charge in [0.25, 0.3) is 0 Å². The fourth-order valence-corrected chi connectivity index (χ4v) is 2.44. The zero-order valence-electron chi connectivity index (χ0n) is 9.90. The Morgan fingerprint density at radius 3 is 2.44 bits per heavy atom. The van der Waals surface area contributed by atoms with Gasteiger partial charge in [-0.2, -0.15) is 5.10 Å². The Hall–Kier alpha value is -1.08. The standard InChI is InChI=1S/C9H18N4O2S/c1-6(9(2,3)4)13-16(14,15)7-5-11-12-8(7)10/h5-6,13H,1-4H3,(H3,10,11,12). The second-order valence-corrected chi connectivity index (χ2v) is 6.54. The second kappa shape index (κ2) is 4.06. The largest absolute Gasteiger partial charge is 0.383 e. The van der Waals surface area contributed by atoms with Gasteiger partial charge in [0, 0.05) is 6.04 Å². The van der Waals surface area contributed by atoms with Crippen molar-refractivity contribution >= 4 is 15.8 Å². The average Bonchev–Trinajstić information content (AvgIpc) is 2.49. The molecule has 1 unspecified atom stereocenters. The van der Waals surface area contributed by atoms with E-state index in [1.54, 1.807) is 0 Å². The number of nitrogens with two attached hydrogens (primary N) is 1. The summed E-state index contributed by atoms with van der Waals surface area (Å²) in [7, 11) is -3.60. The Morgan fingerprint density at radius 1 is 1.50 bits per heavy atom. The molecule has 6 nitrogen and oxygen atoms in total. The molecular formula is C9H18N4O2S. The molecule has 0 aliphatic heterocycles. The quantitative estimate of drug-likeness (QED) is 0.731. The summed E-state index contributed by atoms with van der Waals surface area (Å²) in [6.07, 6.45) is 1.20. The number of nitrogens with one attached hydrogen (secondary N) is 2. The van der Waals surface area contributed by atoms with Crippen molar-refractivity contribution in [2.45, 2.75) is 38.6 Å². The zero-order chi connectivity index (χ0) is 12.6. The maximum absolute atomic E-state index is 11.9. The van der Waals surface area contributed by atoms with E-state index in [1.165, 1.54) is 6.20 Å². The molecule has 1 rings (SSSR count). The molecule has 0 amide bonds. The van der Waals surface area contributed by atoms with Crippen molar-refractivity contribution in [1.82, 2.24) is 14.9 Å². The first kappa shape index (κ1) is 13.0. The summed E-state index contributed by atoms with van der Waals surface area (Å²) in [5.74, 6) is 0.0496. The van der Waals surface area contributed by atoms with E-state index in [1.807, 2.05) is 27.7 Å². The number of aromatic amines is 1. The van der Waals surface area contributed by atoms with Gasteiger partial charge in [-0.1, -0.05) is 20.8 Å². The number of hydrogen-bond donors (Lipinski definition) is 3. The van der Waals surface area contributed by atoms with Crippen LogP contribution >= 0.6 is 0 Å². The molecular weight excluding hydrogens is 228 g/mol. The monoisotopic (exact) mass is 246 g/mol. The topological polar surface area (TPSA) is 101 Å². The lowest BCUT2D eigenvalue weighted by Gasteiger charge is -2.27. The van der Waals surface area contributed by atoms with Gasteiger partial charge in [0.05, 0.1) is 6.20 Å². The van der Waals surface area contributed by atoms with Crippen LogP contribution in [0.25, 0.3) is 0 Å². The van der Waals surface area contributed by atoms with Crippen LogP contribution in [0.5, 0.6) is 0 Å². The van der Waals surface area contributed by atoms with Gasteiger partial charge in [0.2, 0.25) is 10.0 Å². The SMILES string of the molecule is CC(NS(=O)(=O)c1cn[nH]c1N)C(C)(C)C. The van der Waals surface area contributed by atoms with Crippen LogP contribution in [0.15, 0.2) is 11.1 Å². The predicted octanol–water partition coefficient (Wildman–Crippen LogP) is 0.705. The van der Waals surface area contributed by atoms with Gasteiger partial charge in [-0.15, -0.1) is 0 Å². The highest BCUT2D eigenvalue weighted by Crippen LogP contribution is 2.22. The number of rotatable bonds is 3. The molecule has 0 saturated carbocycles. The molecule has 1 aromatic rings. The van der Waals surface area contributed by atoms with Gasteiger partial charge in [0.15, 0.2) is 0 Å². The van der Waals surface area contributed by atoms with E-state index in [0.29, 0.717) is 0 Å². The predicted molar refractivity (Wildman–Crippen MR) is 62.2 cm³/mol. The number of H-pyrrole nitrogens is 1. The van der Waals surface area contributed by atoms with E-state index < -0.39 is 10.0 Å². The molecule has 1 aromatic heterocycles. The van der Waals surface area contributed by atoms with Crippen LogP contribution in [0, 0.1) is 5.41 Å². The van der Waals surface area contributed by atoms with Crippen molar-refractivity contribution in [2.75, 3.05) is 5.73 Å². The van der Waals surface area contributed by atoms with Crippen LogP contribution in [0.1, 0.15) is 27.7 Å². The molecule has 0 aromatic carbocycles. The number of aromatic nitrogens is 2. The first-order valence-corrected chi connectivity index (χ1v) is 6.44. The molecule has 0 spiro atoms. The molecule has 0 fully saturated rings. The second-order valence-electron chi connectivity index (χ2n) is 4.86. The Kier molecular flexibility index (Phi) is 3.30. The van der Waals surface area contributed by atoms with Crippen LogP contribution in [0.3, 0.4) is 0 Å². The van der Waals surface area contributed by atoms with Gasteiger partial charge in [-0.3, -0.25) is 5.10 Å². The third-order valence-electron chi connectivity index (χ3n) is 2.55. The van der Waals surface area contributed by atoms with Crippen LogP contribution in [-0.4, -0.2) is 24.7 Å². The van der Waals surface area contributed by atoms with Crippen molar-refractivity contribution in [3.8, 4) is 0 Å². The maximum Gasteiger partial charge on any atom is 0.246 e. The number of hydrogen-bond acceptors (Lipinski definition) is 4. The Labute approximate surface area is 95.7 Å². The van der Waals surface area contributed by atoms with Crippen LogP contribution < -0.4 is 10.5 Å². The van der Waals surface area contributed by atoms with Gasteiger partial charge < -0.3 is 5.73 Å². The summed E-state index contributed by atoms with van der Waals surface area (Å²) in [5, 5.41) is 5.98. The molecule has 0 radical (unpaired) electrons. The Bertz CT molecular complexity index is 458. The maximum atomic E-state index is 11.9. The third-order valence-corrected chi connectivity index (χ3v) is 4.12. The minimum atomic E-state index is -3.60. The summed E-state index contributed by atoms with van der Waals surface area (Å²) in [4.78, 5) is -0.0106. The van der Waals surface area contributed by atoms with Crippen molar-refractivity contribution in [2.24, 2.45) is 5.41 Å². The van der Waals surface area contributed by atoms with E-state index >= 15 is 0 Å². The van der Waals surface area contributed by atoms with Crippen molar-refractivity contribution < 1.29 is 8.42 Å². The molecule has 7 heteroatoms. The number of nitrogen functional groups attached to an aromatic ring is 1. The molecule has 0 aliphatic rings. The minimum Gasteiger partial charge on any atom is -0.383 e. The van der Waals surface area contributed by atoms with Crippen molar-refractivity contribution in [1.29, 1.82) is 0 Å². The summed E-state index contributed by atoms with van der Waals surface area (Å²) in [6, 6.07) is -0.202. The highest BCUT2D eigenvalue weighted by molar-refractivity contribution is 7.89. The highest BCUT2D eigenvalue weighted by atomic mass is 32.2. The lowest BCUT2D eigenvalue weighted by Crippen LogP contribution is -2.41. The molecule has 1 atom stereocenters. The van der Waals surface area contributed by atoms with E-state index in [0.717, 1.165) is 0 Å². The first-order chi connectivity index (χ1) is 7.14. The van der Waals surface area contributed by atoms with Crippen LogP contribution in [-0.2, 0) is 10.0 Å². The van der Waals surface area contributed by atoms with Crippen molar-refractivity contribution in [3.63, 3.8) is 0 Å². The van der Waals surface area contributed by atoms with E-state index in [9.17, 15) is 8.42 Å². The molecule has 0 aliphatic carbocycles. The Morgan fingerprint density at radius 2 is 2.06 bits per heavy atom. The number of nitrogens with zero attached hydrogens (tertiary/aromatic N) is 1. The lowest BCUT2D eigenvalue weighted by atomic mass is 9.89. The molecule has 4 N–H and O–H groups in total. The first-order valence-electron chi connectivity index (χ1n) is 4.96. The normalized spacial score (nSPS) is 15.0. The smallest absolute Gasteiger partial charge is 0.246 e. The molecule has 0 saturated heterocycles. The molecule has 0 bridgehead atoms. The van der Waals surface area contributed by atoms with Gasteiger partial charge in [-0.05, 0) is 12.3 Å². The minimum absolute atomic E-state index is 0.0106. The fraction of sp³-hybridized carbons (Fsp3) is 0.667. The summed E-state index contributed by atoms with van der Waals surface area (Å²) in [6.45, 7) is 7.69. The lowest BCUT2D eigenvalue weighted by molar-refractivity contribution is 0.317. The van der Waals surface area contributed by atoms with Crippen LogP contribution in [0.4, 0.5) is 5.82 Å². The highest BCUT2D eigenvalue weighted by Gasteiger charge is 2.27. The molecule has 1 heterocycles. The number of anilines is 1. The summed E-state index contributed by atoms with van der Waals surface area (Å²) >= 11 is 0. The van der Waals surface area contributed by atoms with Gasteiger partial charge in [0.1, 0.15) is 10.7 Å². The molecule has 92 valence electrons. The fourth-order valence-electron chi connectivity index (χ4n) is 0.972. The zero-order valence-corrected chi connectivity index (χ0v) is 10.7. The van der Waals surface area contributed by atoms with E-state index in [2.05, 4.69) is 14.9 Å².